The van der Waals surface area contributed by atoms with E-state index in [1.54, 1.807) is 0 Å². The second-order valence-corrected chi connectivity index (χ2v) is 4.99. The molecular weight excluding hydrogens is 252 g/mol. The molecular formula is C15H20N4O. The number of hydrogen-bond acceptors (Lipinski definition) is 4. The monoisotopic (exact) mass is 272 g/mol. The molecule has 0 saturated carbocycles. The predicted molar refractivity (Wildman–Crippen MR) is 76.7 cm³/mol. The Morgan fingerprint density at radius 3 is 3.25 bits per heavy atom. The van der Waals surface area contributed by atoms with Gasteiger partial charge < -0.3 is 10.1 Å². The van der Waals surface area contributed by atoms with Gasteiger partial charge in [0.2, 0.25) is 0 Å². The van der Waals surface area contributed by atoms with Crippen LogP contribution in [0.4, 0.5) is 0 Å². The van der Waals surface area contributed by atoms with E-state index in [1.165, 1.54) is 11.1 Å². The summed E-state index contributed by atoms with van der Waals surface area (Å²) in [5.41, 5.74) is 2.66. The second kappa shape index (κ2) is 6.05. The average molecular weight is 272 g/mol. The van der Waals surface area contributed by atoms with Gasteiger partial charge in [-0.1, -0.05) is 19.1 Å². The van der Waals surface area contributed by atoms with Crippen molar-refractivity contribution >= 4 is 0 Å². The number of benzene rings is 1. The van der Waals surface area contributed by atoms with Crippen LogP contribution in [-0.2, 0) is 25.9 Å². The van der Waals surface area contributed by atoms with Gasteiger partial charge >= 0.3 is 0 Å². The number of nitrogens with zero attached hydrogens (tertiary/aromatic N) is 3. The number of rotatable bonds is 6. The molecule has 1 aliphatic heterocycles. The minimum absolute atomic E-state index is 0.736. The van der Waals surface area contributed by atoms with Crippen LogP contribution < -0.4 is 10.1 Å². The molecule has 1 N–H and O–H groups in total. The van der Waals surface area contributed by atoms with Crippen LogP contribution in [0.2, 0.25) is 0 Å². The summed E-state index contributed by atoms with van der Waals surface area (Å²) in [6, 6.07) is 6.47. The van der Waals surface area contributed by atoms with Crippen molar-refractivity contribution in [3.63, 3.8) is 0 Å². The summed E-state index contributed by atoms with van der Waals surface area (Å²) in [5.74, 6) is 1.90. The lowest BCUT2D eigenvalue weighted by Gasteiger charge is -2.04. The molecule has 1 aromatic heterocycles. The van der Waals surface area contributed by atoms with Gasteiger partial charge in [0.25, 0.3) is 0 Å². The van der Waals surface area contributed by atoms with Crippen molar-refractivity contribution in [3.05, 3.63) is 41.5 Å². The normalized spacial score (nSPS) is 13.2. The first-order chi connectivity index (χ1) is 9.85. The first-order valence-corrected chi connectivity index (χ1v) is 7.19. The van der Waals surface area contributed by atoms with Crippen molar-refractivity contribution < 1.29 is 4.74 Å². The predicted octanol–water partition coefficient (Wildman–Crippen LogP) is 1.57. The van der Waals surface area contributed by atoms with E-state index >= 15 is 0 Å². The average Bonchev–Trinajstić information content (AvgIpc) is 3.11. The lowest BCUT2D eigenvalue weighted by Crippen LogP contribution is -2.13. The van der Waals surface area contributed by atoms with E-state index < -0.39 is 0 Å². The molecule has 1 aliphatic rings. The van der Waals surface area contributed by atoms with Gasteiger partial charge in [-0.25, -0.2) is 4.98 Å². The number of aromatic nitrogens is 3. The van der Waals surface area contributed by atoms with Crippen LogP contribution in [0.25, 0.3) is 0 Å². The molecule has 1 aromatic carbocycles. The van der Waals surface area contributed by atoms with E-state index in [0.29, 0.717) is 0 Å². The number of nitrogens with one attached hydrogen (secondary N) is 1. The van der Waals surface area contributed by atoms with Crippen molar-refractivity contribution in [2.45, 2.75) is 32.9 Å². The SMILES string of the molecule is CCNCc1ncn(CCc2ccc3c(c2)CCO3)n1. The number of aryl methyl sites for hydroxylation is 2. The molecule has 0 radical (unpaired) electrons. The quantitative estimate of drug-likeness (QED) is 0.867. The first kappa shape index (κ1) is 13.1. The Kier molecular flexibility index (Phi) is 3.97. The Morgan fingerprint density at radius 2 is 2.35 bits per heavy atom. The summed E-state index contributed by atoms with van der Waals surface area (Å²) < 4.78 is 7.44. The van der Waals surface area contributed by atoms with E-state index in [0.717, 1.165) is 50.7 Å². The van der Waals surface area contributed by atoms with E-state index in [-0.39, 0.29) is 0 Å². The number of hydrogen-bond donors (Lipinski definition) is 1. The summed E-state index contributed by atoms with van der Waals surface area (Å²) in [6.45, 7) is 5.42. The van der Waals surface area contributed by atoms with Gasteiger partial charge in [0, 0.05) is 13.0 Å². The van der Waals surface area contributed by atoms with E-state index in [1.807, 2.05) is 11.0 Å². The summed E-state index contributed by atoms with van der Waals surface area (Å²) >= 11 is 0. The standard InChI is InChI=1S/C15H20N4O/c1-2-16-10-15-17-11-19(18-15)7-5-12-3-4-14-13(9-12)6-8-20-14/h3-4,9,11,16H,2,5-8,10H2,1H3. The van der Waals surface area contributed by atoms with Gasteiger partial charge in [0.1, 0.15) is 12.1 Å². The van der Waals surface area contributed by atoms with Crippen molar-refractivity contribution in [1.29, 1.82) is 0 Å². The Bertz CT molecular complexity index is 579. The van der Waals surface area contributed by atoms with Crippen LogP contribution in [0.5, 0.6) is 5.75 Å². The van der Waals surface area contributed by atoms with Crippen molar-refractivity contribution in [1.82, 2.24) is 20.1 Å². The molecule has 20 heavy (non-hydrogen) atoms. The summed E-state index contributed by atoms with van der Waals surface area (Å²) in [5, 5.41) is 7.68. The van der Waals surface area contributed by atoms with E-state index in [9.17, 15) is 0 Å². The molecule has 5 heteroatoms. The van der Waals surface area contributed by atoms with Crippen molar-refractivity contribution in [2.75, 3.05) is 13.2 Å². The van der Waals surface area contributed by atoms with Gasteiger partial charge in [-0.3, -0.25) is 4.68 Å². The zero-order valence-electron chi connectivity index (χ0n) is 11.8. The maximum absolute atomic E-state index is 5.52. The highest BCUT2D eigenvalue weighted by atomic mass is 16.5. The van der Waals surface area contributed by atoms with E-state index in [2.05, 4.69) is 40.5 Å². The van der Waals surface area contributed by atoms with Gasteiger partial charge in [-0.05, 0) is 30.2 Å². The molecule has 0 unspecified atom stereocenters. The Balaban J connectivity index is 1.57. The molecule has 0 aliphatic carbocycles. The van der Waals surface area contributed by atoms with Gasteiger partial charge in [0.05, 0.1) is 13.2 Å². The lowest BCUT2D eigenvalue weighted by molar-refractivity contribution is 0.357. The highest BCUT2D eigenvalue weighted by Gasteiger charge is 2.11. The molecule has 106 valence electrons. The zero-order chi connectivity index (χ0) is 13.8. The summed E-state index contributed by atoms with van der Waals surface area (Å²) in [4.78, 5) is 4.29. The molecule has 5 nitrogen and oxygen atoms in total. The van der Waals surface area contributed by atoms with Crippen LogP contribution >= 0.6 is 0 Å². The highest BCUT2D eigenvalue weighted by Crippen LogP contribution is 2.26. The molecule has 0 fully saturated rings. The van der Waals surface area contributed by atoms with Gasteiger partial charge in [0.15, 0.2) is 5.82 Å². The minimum atomic E-state index is 0.736. The smallest absolute Gasteiger partial charge is 0.164 e. The highest BCUT2D eigenvalue weighted by molar-refractivity contribution is 5.39. The first-order valence-electron chi connectivity index (χ1n) is 7.19. The topological polar surface area (TPSA) is 52.0 Å². The fourth-order valence-electron chi connectivity index (χ4n) is 2.40. The second-order valence-electron chi connectivity index (χ2n) is 4.99. The number of ether oxygens (including phenoxy) is 1. The van der Waals surface area contributed by atoms with Crippen molar-refractivity contribution in [2.24, 2.45) is 0 Å². The molecule has 3 rings (SSSR count). The van der Waals surface area contributed by atoms with E-state index in [4.69, 9.17) is 4.74 Å². The molecule has 0 bridgehead atoms. The fourth-order valence-corrected chi connectivity index (χ4v) is 2.40. The third-order valence-electron chi connectivity index (χ3n) is 3.50. The minimum Gasteiger partial charge on any atom is -0.493 e. The molecule has 0 saturated heterocycles. The zero-order valence-corrected chi connectivity index (χ0v) is 11.8. The van der Waals surface area contributed by atoms with Gasteiger partial charge in [-0.15, -0.1) is 0 Å². The van der Waals surface area contributed by atoms with Crippen LogP contribution in [0, 0.1) is 0 Å². The largest absolute Gasteiger partial charge is 0.493 e. The molecule has 2 aromatic rings. The van der Waals surface area contributed by atoms with Gasteiger partial charge in [-0.2, -0.15) is 5.10 Å². The Labute approximate surface area is 119 Å². The third-order valence-corrected chi connectivity index (χ3v) is 3.50. The molecule has 0 atom stereocenters. The van der Waals surface area contributed by atoms with Crippen LogP contribution in [0.15, 0.2) is 24.5 Å². The molecule has 0 spiro atoms. The summed E-state index contributed by atoms with van der Waals surface area (Å²) in [6.07, 6.45) is 3.81. The molecule has 0 amide bonds. The maximum Gasteiger partial charge on any atom is 0.164 e. The summed E-state index contributed by atoms with van der Waals surface area (Å²) in [7, 11) is 0. The van der Waals surface area contributed by atoms with Crippen LogP contribution in [0.1, 0.15) is 23.9 Å². The van der Waals surface area contributed by atoms with Crippen LogP contribution in [0.3, 0.4) is 0 Å². The third kappa shape index (κ3) is 2.99. The lowest BCUT2D eigenvalue weighted by atomic mass is 10.1. The fraction of sp³-hybridized carbons (Fsp3) is 0.467. The maximum atomic E-state index is 5.52. The number of fused-ring (bicyclic) bond motifs is 1. The molecule has 2 heterocycles. The van der Waals surface area contributed by atoms with Crippen molar-refractivity contribution in [3.8, 4) is 5.75 Å². The Morgan fingerprint density at radius 1 is 1.40 bits per heavy atom. The Hall–Kier alpha value is -1.88. The van der Waals surface area contributed by atoms with Crippen LogP contribution in [-0.4, -0.2) is 27.9 Å².